The molecule has 0 atom stereocenters. The summed E-state index contributed by atoms with van der Waals surface area (Å²) < 4.78 is 17.7. The van der Waals surface area contributed by atoms with Crippen molar-refractivity contribution in [1.29, 1.82) is 0 Å². The quantitative estimate of drug-likeness (QED) is 0.413. The second-order valence-corrected chi connectivity index (χ2v) is 7.72. The fourth-order valence-electron chi connectivity index (χ4n) is 3.72. The van der Waals surface area contributed by atoms with E-state index in [1.165, 1.54) is 6.20 Å². The number of carbonyl (C=O) groups is 2. The summed E-state index contributed by atoms with van der Waals surface area (Å²) in [6, 6.07) is 12.5. The van der Waals surface area contributed by atoms with E-state index in [0.717, 1.165) is 5.56 Å². The van der Waals surface area contributed by atoms with Gasteiger partial charge in [-0.2, -0.15) is 4.98 Å². The molecule has 0 saturated carbocycles. The topological polar surface area (TPSA) is 138 Å². The van der Waals surface area contributed by atoms with Crippen LogP contribution in [0, 0.1) is 0 Å². The Morgan fingerprint density at radius 1 is 1.09 bits per heavy atom. The zero-order valence-electron chi connectivity index (χ0n) is 18.7. The molecular formula is C24H21N5O6. The zero-order valence-corrected chi connectivity index (χ0v) is 18.7. The highest BCUT2D eigenvalue weighted by molar-refractivity contribution is 5.99. The largest absolute Gasteiger partial charge is 0.454 e. The van der Waals surface area contributed by atoms with Crippen molar-refractivity contribution in [2.24, 2.45) is 0 Å². The van der Waals surface area contributed by atoms with Crippen LogP contribution in [-0.4, -0.2) is 39.9 Å². The number of nitrogens with zero attached hydrogens (tertiary/aromatic N) is 3. The van der Waals surface area contributed by atoms with Crippen LogP contribution in [0.1, 0.15) is 23.1 Å². The van der Waals surface area contributed by atoms with Crippen LogP contribution in [0.25, 0.3) is 22.4 Å². The van der Waals surface area contributed by atoms with Crippen LogP contribution in [0.5, 0.6) is 11.5 Å². The normalized spacial score (nSPS) is 12.0. The summed E-state index contributed by atoms with van der Waals surface area (Å²) in [5.74, 6) is 0.510. The number of ether oxygens (including phenoxy) is 2. The lowest BCUT2D eigenvalue weighted by Gasteiger charge is -2.12. The number of rotatable bonds is 7. The lowest BCUT2D eigenvalue weighted by atomic mass is 10.1. The van der Waals surface area contributed by atoms with Gasteiger partial charge in [-0.15, -0.1) is 0 Å². The summed E-state index contributed by atoms with van der Waals surface area (Å²) in [6.45, 7) is 2.19. The monoisotopic (exact) mass is 475 g/mol. The molecule has 35 heavy (non-hydrogen) atoms. The maximum atomic E-state index is 13.0. The molecule has 0 radical (unpaired) electrons. The fraction of sp³-hybridized carbons (Fsp3) is 0.208. The van der Waals surface area contributed by atoms with Gasteiger partial charge in [0.05, 0.1) is 24.0 Å². The maximum absolute atomic E-state index is 13.0. The molecular weight excluding hydrogens is 454 g/mol. The summed E-state index contributed by atoms with van der Waals surface area (Å²) in [6.07, 6.45) is 1.48. The van der Waals surface area contributed by atoms with Gasteiger partial charge < -0.3 is 29.2 Å². The first-order chi connectivity index (χ1) is 17.0. The molecule has 2 N–H and O–H groups in total. The zero-order chi connectivity index (χ0) is 24.4. The predicted octanol–water partition coefficient (Wildman–Crippen LogP) is 1.85. The molecule has 0 fully saturated rings. The number of hydrogen-bond donors (Lipinski definition) is 2. The molecule has 0 unspecified atom stereocenters. The van der Waals surface area contributed by atoms with Crippen molar-refractivity contribution in [3.8, 4) is 23.0 Å². The molecule has 0 spiro atoms. The molecule has 2 amide bonds. The van der Waals surface area contributed by atoms with Crippen molar-refractivity contribution in [3.05, 3.63) is 70.3 Å². The average molecular weight is 475 g/mol. The number of fused-ring (bicyclic) bond motifs is 2. The molecule has 2 aromatic heterocycles. The van der Waals surface area contributed by atoms with Gasteiger partial charge in [-0.05, 0) is 25.1 Å². The number of aryl methyl sites for hydroxylation is 1. The van der Waals surface area contributed by atoms with E-state index in [0.29, 0.717) is 40.7 Å². The van der Waals surface area contributed by atoms with Crippen LogP contribution in [0.4, 0.5) is 0 Å². The standard InChI is InChI=1S/C24H21N5O6/c1-2-29-12-16(22(31)15-8-18-19(9-17(15)29)34-13-33-18)23(32)26-11-21(30)25-10-20-27-24(35-28-20)14-6-4-3-5-7-14/h3-9,12H,2,10-11,13H2,1H3,(H,25,30)(H,26,32). The van der Waals surface area contributed by atoms with E-state index in [1.54, 1.807) is 16.7 Å². The van der Waals surface area contributed by atoms with Crippen molar-refractivity contribution >= 4 is 22.7 Å². The van der Waals surface area contributed by atoms with Crippen LogP contribution in [-0.2, 0) is 17.9 Å². The highest BCUT2D eigenvalue weighted by atomic mass is 16.7. The van der Waals surface area contributed by atoms with Crippen LogP contribution >= 0.6 is 0 Å². The summed E-state index contributed by atoms with van der Waals surface area (Å²) in [7, 11) is 0. The number of aromatic nitrogens is 3. The van der Waals surface area contributed by atoms with Crippen molar-refractivity contribution in [2.75, 3.05) is 13.3 Å². The highest BCUT2D eigenvalue weighted by Gasteiger charge is 2.21. The van der Waals surface area contributed by atoms with Gasteiger partial charge in [0.15, 0.2) is 17.3 Å². The van der Waals surface area contributed by atoms with E-state index in [-0.39, 0.29) is 25.4 Å². The van der Waals surface area contributed by atoms with Gasteiger partial charge >= 0.3 is 0 Å². The van der Waals surface area contributed by atoms with Gasteiger partial charge in [0.25, 0.3) is 11.8 Å². The van der Waals surface area contributed by atoms with Gasteiger partial charge in [0.2, 0.25) is 18.1 Å². The lowest BCUT2D eigenvalue weighted by molar-refractivity contribution is -0.120. The first-order valence-corrected chi connectivity index (χ1v) is 10.9. The third-order valence-electron chi connectivity index (χ3n) is 5.50. The summed E-state index contributed by atoms with van der Waals surface area (Å²) in [5.41, 5.74) is 0.867. The van der Waals surface area contributed by atoms with Crippen molar-refractivity contribution < 1.29 is 23.6 Å². The molecule has 5 rings (SSSR count). The smallest absolute Gasteiger partial charge is 0.257 e. The minimum Gasteiger partial charge on any atom is -0.454 e. The Bertz CT molecular complexity index is 1480. The fourth-order valence-corrected chi connectivity index (χ4v) is 3.72. The predicted molar refractivity (Wildman–Crippen MR) is 124 cm³/mol. The molecule has 178 valence electrons. The highest BCUT2D eigenvalue weighted by Crippen LogP contribution is 2.35. The Morgan fingerprint density at radius 3 is 2.63 bits per heavy atom. The average Bonchev–Trinajstić information content (AvgIpc) is 3.55. The molecule has 11 heteroatoms. The van der Waals surface area contributed by atoms with Gasteiger partial charge in [-0.3, -0.25) is 14.4 Å². The summed E-state index contributed by atoms with van der Waals surface area (Å²) >= 11 is 0. The molecule has 1 aliphatic rings. The SMILES string of the molecule is CCn1cc(C(=O)NCC(=O)NCc2noc(-c3ccccc3)n2)c(=O)c2cc3c(cc21)OCO3. The number of nitrogens with one attached hydrogen (secondary N) is 2. The van der Waals surface area contributed by atoms with Crippen LogP contribution in [0.2, 0.25) is 0 Å². The van der Waals surface area contributed by atoms with Crippen molar-refractivity contribution in [3.63, 3.8) is 0 Å². The van der Waals surface area contributed by atoms with Crippen LogP contribution in [0.15, 0.2) is 58.0 Å². The second kappa shape index (κ2) is 9.29. The molecule has 4 aromatic rings. The Balaban J connectivity index is 1.24. The second-order valence-electron chi connectivity index (χ2n) is 7.72. The van der Waals surface area contributed by atoms with Gasteiger partial charge in [0, 0.05) is 24.4 Å². The molecule has 0 bridgehead atoms. The maximum Gasteiger partial charge on any atom is 0.257 e. The van der Waals surface area contributed by atoms with Crippen LogP contribution in [0.3, 0.4) is 0 Å². The van der Waals surface area contributed by atoms with Gasteiger partial charge in [0.1, 0.15) is 5.56 Å². The first-order valence-electron chi connectivity index (χ1n) is 10.9. The summed E-state index contributed by atoms with van der Waals surface area (Å²) in [5, 5.41) is 9.28. The van der Waals surface area contributed by atoms with Crippen molar-refractivity contribution in [2.45, 2.75) is 20.0 Å². The molecule has 11 nitrogen and oxygen atoms in total. The van der Waals surface area contributed by atoms with Crippen LogP contribution < -0.4 is 25.5 Å². The van der Waals surface area contributed by atoms with E-state index in [1.807, 2.05) is 37.3 Å². The van der Waals surface area contributed by atoms with Gasteiger partial charge in [-0.25, -0.2) is 0 Å². The van der Waals surface area contributed by atoms with E-state index in [2.05, 4.69) is 20.8 Å². The number of amides is 2. The first kappa shape index (κ1) is 22.1. The molecule has 3 heterocycles. The minimum absolute atomic E-state index is 0.0246. The Labute approximate surface area is 198 Å². The molecule has 0 saturated heterocycles. The Kier molecular flexibility index (Phi) is 5.88. The molecule has 1 aliphatic heterocycles. The number of benzene rings is 2. The molecule has 2 aromatic carbocycles. The Hall–Kier alpha value is -4.67. The summed E-state index contributed by atoms with van der Waals surface area (Å²) in [4.78, 5) is 42.3. The third-order valence-corrected chi connectivity index (χ3v) is 5.50. The van der Waals surface area contributed by atoms with E-state index < -0.39 is 17.2 Å². The van der Waals surface area contributed by atoms with Gasteiger partial charge in [-0.1, -0.05) is 23.4 Å². The van der Waals surface area contributed by atoms with Crippen molar-refractivity contribution in [1.82, 2.24) is 25.3 Å². The minimum atomic E-state index is -0.655. The van der Waals surface area contributed by atoms with E-state index in [4.69, 9.17) is 14.0 Å². The number of hydrogen-bond acceptors (Lipinski definition) is 8. The Morgan fingerprint density at radius 2 is 1.86 bits per heavy atom. The third kappa shape index (κ3) is 4.43. The number of pyridine rings is 1. The van der Waals surface area contributed by atoms with E-state index in [9.17, 15) is 14.4 Å². The lowest BCUT2D eigenvalue weighted by Crippen LogP contribution is -2.38. The van der Waals surface area contributed by atoms with E-state index >= 15 is 0 Å². The molecule has 0 aliphatic carbocycles. The number of carbonyl (C=O) groups excluding carboxylic acids is 2.